The van der Waals surface area contributed by atoms with Gasteiger partial charge in [-0.3, -0.25) is 0 Å². The first-order chi connectivity index (χ1) is 15.0. The summed E-state index contributed by atoms with van der Waals surface area (Å²) in [4.78, 5) is -0.132. The lowest BCUT2D eigenvalue weighted by Gasteiger charge is -2.13. The minimum atomic E-state index is -3.93. The van der Waals surface area contributed by atoms with Gasteiger partial charge in [-0.1, -0.05) is 30.1 Å². The molecule has 12 heteroatoms. The van der Waals surface area contributed by atoms with Crippen LogP contribution in [0.25, 0.3) is 0 Å². The van der Waals surface area contributed by atoms with Crippen molar-refractivity contribution < 1.29 is 31.4 Å². The molecule has 1 atom stereocenters. The van der Waals surface area contributed by atoms with Crippen LogP contribution in [0.1, 0.15) is 13.3 Å². The van der Waals surface area contributed by atoms with Gasteiger partial charge in [-0.25, -0.2) is 16.8 Å². The van der Waals surface area contributed by atoms with Gasteiger partial charge in [-0.15, -0.1) is 11.6 Å². The summed E-state index contributed by atoms with van der Waals surface area (Å²) >= 11 is 17.9. The number of alkyl halides is 1. The van der Waals surface area contributed by atoms with Crippen LogP contribution in [0.5, 0.6) is 11.5 Å². The van der Waals surface area contributed by atoms with Crippen LogP contribution in [-0.4, -0.2) is 58.6 Å². The number of hydrogen-bond acceptors (Lipinski definition) is 7. The third kappa shape index (κ3) is 7.40. The average Bonchev–Trinajstić information content (AvgIpc) is 2.74. The molecule has 2 rings (SSSR count). The predicted molar refractivity (Wildman–Crippen MR) is 125 cm³/mol. The zero-order valence-electron chi connectivity index (χ0n) is 17.1. The van der Waals surface area contributed by atoms with Crippen LogP contribution in [0.4, 0.5) is 0 Å². The fraction of sp³-hybridized carbons (Fsp3) is 0.400. The summed E-state index contributed by atoms with van der Waals surface area (Å²) in [5.74, 6) is 0.368. The molecular formula is C20H23Cl3O7S2. The Bertz CT molecular complexity index is 1100. The van der Waals surface area contributed by atoms with Gasteiger partial charge in [0.25, 0.3) is 0 Å². The Labute approximate surface area is 203 Å². The highest BCUT2D eigenvalue weighted by Crippen LogP contribution is 2.37. The Balaban J connectivity index is 2.13. The van der Waals surface area contributed by atoms with E-state index in [1.54, 1.807) is 0 Å². The zero-order valence-corrected chi connectivity index (χ0v) is 21.0. The Morgan fingerprint density at radius 1 is 0.969 bits per heavy atom. The molecule has 0 aliphatic heterocycles. The number of rotatable bonds is 12. The molecule has 7 nitrogen and oxygen atoms in total. The molecule has 2 aromatic carbocycles. The highest BCUT2D eigenvalue weighted by molar-refractivity contribution is 7.91. The third-order valence-electron chi connectivity index (χ3n) is 4.27. The van der Waals surface area contributed by atoms with E-state index in [-0.39, 0.29) is 50.3 Å². The number of benzene rings is 2. The first-order valence-electron chi connectivity index (χ1n) is 9.54. The van der Waals surface area contributed by atoms with E-state index in [4.69, 9.17) is 44.3 Å². The van der Waals surface area contributed by atoms with Gasteiger partial charge in [0.2, 0.25) is 9.84 Å². The van der Waals surface area contributed by atoms with Gasteiger partial charge < -0.3 is 14.6 Å². The molecular weight excluding hydrogens is 523 g/mol. The van der Waals surface area contributed by atoms with Crippen LogP contribution in [0.15, 0.2) is 46.2 Å². The summed E-state index contributed by atoms with van der Waals surface area (Å²) < 4.78 is 59.8. The van der Waals surface area contributed by atoms with E-state index >= 15 is 0 Å². The van der Waals surface area contributed by atoms with Crippen LogP contribution in [0.2, 0.25) is 10.0 Å². The summed E-state index contributed by atoms with van der Waals surface area (Å²) in [6, 6.07) is 7.97. The summed E-state index contributed by atoms with van der Waals surface area (Å²) in [7, 11) is -7.27. The lowest BCUT2D eigenvalue weighted by Crippen LogP contribution is -2.27. The summed E-state index contributed by atoms with van der Waals surface area (Å²) in [6.45, 7) is 1.53. The molecule has 0 heterocycles. The lowest BCUT2D eigenvalue weighted by molar-refractivity contribution is 0.125. The molecule has 0 fully saturated rings. The van der Waals surface area contributed by atoms with E-state index in [1.807, 2.05) is 0 Å². The zero-order chi connectivity index (χ0) is 23.9. The second kappa shape index (κ2) is 11.8. The lowest BCUT2D eigenvalue weighted by atomic mass is 10.3. The number of hydrogen-bond donors (Lipinski definition) is 1. The van der Waals surface area contributed by atoms with E-state index in [9.17, 15) is 21.9 Å². The van der Waals surface area contributed by atoms with Crippen LogP contribution in [0, 0.1) is 0 Å². The molecule has 178 valence electrons. The standard InChI is InChI=1S/C20H23Cl3O7S2/c1-2-31(25,26)13-14(24)12-30-15-4-6-16(7-5-15)32(27,28)17-10-18(22)20(19(23)11-17)29-9-3-8-21/h4-7,10-11,14,24H,2-3,8-9,12-13H2,1H3. The van der Waals surface area contributed by atoms with Crippen LogP contribution >= 0.6 is 34.8 Å². The van der Waals surface area contributed by atoms with E-state index in [0.717, 1.165) is 0 Å². The monoisotopic (exact) mass is 544 g/mol. The molecule has 0 spiro atoms. The van der Waals surface area contributed by atoms with Gasteiger partial charge in [0.1, 0.15) is 18.5 Å². The Hall–Kier alpha value is -1.23. The van der Waals surface area contributed by atoms with Gasteiger partial charge in [-0.2, -0.15) is 0 Å². The fourth-order valence-electron chi connectivity index (χ4n) is 2.56. The molecule has 0 amide bonds. The topological polar surface area (TPSA) is 107 Å². The molecule has 0 saturated carbocycles. The highest BCUT2D eigenvalue weighted by atomic mass is 35.5. The minimum Gasteiger partial charge on any atom is -0.491 e. The Morgan fingerprint density at radius 2 is 1.56 bits per heavy atom. The molecule has 0 saturated heterocycles. The van der Waals surface area contributed by atoms with E-state index in [0.29, 0.717) is 12.3 Å². The first-order valence-corrected chi connectivity index (χ1v) is 14.1. The van der Waals surface area contributed by atoms with Crippen molar-refractivity contribution in [2.24, 2.45) is 0 Å². The largest absolute Gasteiger partial charge is 0.491 e. The smallest absolute Gasteiger partial charge is 0.206 e. The molecule has 0 radical (unpaired) electrons. The molecule has 1 N–H and O–H groups in total. The normalized spacial score (nSPS) is 13.0. The van der Waals surface area contributed by atoms with Crippen molar-refractivity contribution in [2.45, 2.75) is 29.2 Å². The van der Waals surface area contributed by atoms with Gasteiger partial charge in [0.05, 0.1) is 32.2 Å². The van der Waals surface area contributed by atoms with E-state index < -0.39 is 31.5 Å². The maximum absolute atomic E-state index is 13.0. The molecule has 2 aromatic rings. The van der Waals surface area contributed by atoms with Gasteiger partial charge >= 0.3 is 0 Å². The van der Waals surface area contributed by atoms with Gasteiger partial charge in [-0.05, 0) is 42.8 Å². The number of aliphatic hydroxyl groups excluding tert-OH is 1. The number of halogens is 3. The molecule has 0 aliphatic carbocycles. The maximum atomic E-state index is 13.0. The Kier molecular flexibility index (Phi) is 9.93. The quantitative estimate of drug-likeness (QED) is 0.317. The second-order valence-corrected chi connectivity index (χ2v) is 12.3. The molecule has 1 unspecified atom stereocenters. The van der Waals surface area contributed by atoms with Crippen molar-refractivity contribution in [2.75, 3.05) is 30.6 Å². The SMILES string of the molecule is CCS(=O)(=O)CC(O)COc1ccc(S(=O)(=O)c2cc(Cl)c(OCCCCl)c(Cl)c2)cc1. The van der Waals surface area contributed by atoms with Crippen molar-refractivity contribution >= 4 is 54.5 Å². The van der Waals surface area contributed by atoms with Crippen molar-refractivity contribution in [3.63, 3.8) is 0 Å². The van der Waals surface area contributed by atoms with Crippen LogP contribution in [-0.2, 0) is 19.7 Å². The number of sulfone groups is 2. The van der Waals surface area contributed by atoms with E-state index in [1.165, 1.54) is 43.3 Å². The van der Waals surface area contributed by atoms with Gasteiger partial charge in [0, 0.05) is 11.6 Å². The third-order valence-corrected chi connectivity index (χ3v) is 8.62. The predicted octanol–water partition coefficient (Wildman–Crippen LogP) is 4.01. The molecule has 32 heavy (non-hydrogen) atoms. The molecule has 0 aliphatic rings. The maximum Gasteiger partial charge on any atom is 0.206 e. The van der Waals surface area contributed by atoms with Crippen molar-refractivity contribution in [3.8, 4) is 11.5 Å². The summed E-state index contributed by atoms with van der Waals surface area (Å²) in [6.07, 6.45) is -0.619. The Morgan fingerprint density at radius 3 is 2.09 bits per heavy atom. The average molecular weight is 546 g/mol. The van der Waals surface area contributed by atoms with E-state index in [2.05, 4.69) is 0 Å². The highest BCUT2D eigenvalue weighted by Gasteiger charge is 2.22. The van der Waals surface area contributed by atoms with Crippen molar-refractivity contribution in [1.29, 1.82) is 0 Å². The van der Waals surface area contributed by atoms with Crippen LogP contribution in [0.3, 0.4) is 0 Å². The molecule has 0 bridgehead atoms. The minimum absolute atomic E-state index is 0.0260. The summed E-state index contributed by atoms with van der Waals surface area (Å²) in [5, 5.41) is 9.92. The number of ether oxygens (including phenoxy) is 2. The second-order valence-electron chi connectivity index (χ2n) is 6.75. The first kappa shape index (κ1) is 27.0. The molecule has 0 aromatic heterocycles. The van der Waals surface area contributed by atoms with Crippen LogP contribution < -0.4 is 9.47 Å². The van der Waals surface area contributed by atoms with Gasteiger partial charge in [0.15, 0.2) is 15.6 Å². The fourth-order valence-corrected chi connectivity index (χ4v) is 5.63. The van der Waals surface area contributed by atoms with Crippen molar-refractivity contribution in [1.82, 2.24) is 0 Å². The number of aliphatic hydroxyl groups is 1. The summed E-state index contributed by atoms with van der Waals surface area (Å²) in [5.41, 5.74) is 0. The van der Waals surface area contributed by atoms with Crippen molar-refractivity contribution in [3.05, 3.63) is 46.4 Å².